The quantitative estimate of drug-likeness (QED) is 0.453. The smallest absolute Gasteiger partial charge is 0.0700 e. The zero-order chi connectivity index (χ0) is 16.9. The minimum Gasteiger partial charge on any atom is -0.396 e. The largest absolute Gasteiger partial charge is 0.396 e. The molecule has 0 atom stereocenters. The van der Waals surface area contributed by atoms with Crippen molar-refractivity contribution in [1.29, 1.82) is 0 Å². The number of methoxy groups -OCH3 is 1. The Labute approximate surface area is 138 Å². The molecule has 0 aromatic rings. The summed E-state index contributed by atoms with van der Waals surface area (Å²) in [7, 11) is 5.86. The lowest BCUT2D eigenvalue weighted by Crippen LogP contribution is -2.12. The third-order valence-corrected chi connectivity index (χ3v) is 3.19. The van der Waals surface area contributed by atoms with Gasteiger partial charge in [-0.3, -0.25) is 0 Å². The van der Waals surface area contributed by atoms with Gasteiger partial charge in [-0.1, -0.05) is 25.7 Å². The number of hydrogen-bond acceptors (Lipinski definition) is 5. The molecule has 3 N–H and O–H groups in total. The second kappa shape index (κ2) is 23.1. The van der Waals surface area contributed by atoms with Crippen molar-refractivity contribution < 1.29 is 14.6 Å². The second-order valence-electron chi connectivity index (χ2n) is 5.75. The molecule has 0 saturated heterocycles. The zero-order valence-electron chi connectivity index (χ0n) is 15.2. The molecule has 136 valence electrons. The van der Waals surface area contributed by atoms with Gasteiger partial charge < -0.3 is 25.2 Å². The van der Waals surface area contributed by atoms with Gasteiger partial charge in [-0.2, -0.15) is 0 Å². The normalized spacial score (nSPS) is 10.6. The molecule has 0 fully saturated rings. The van der Waals surface area contributed by atoms with E-state index in [1.165, 1.54) is 38.6 Å². The Morgan fingerprint density at radius 3 is 2.05 bits per heavy atom. The molecule has 0 spiro atoms. The van der Waals surface area contributed by atoms with E-state index in [4.69, 9.17) is 20.3 Å². The van der Waals surface area contributed by atoms with Crippen LogP contribution in [0.2, 0.25) is 0 Å². The first-order valence-electron chi connectivity index (χ1n) is 8.71. The minimum absolute atomic E-state index is 0.349. The van der Waals surface area contributed by atoms with Crippen molar-refractivity contribution >= 4 is 0 Å². The summed E-state index contributed by atoms with van der Waals surface area (Å²) in [6, 6.07) is 0. The Kier molecular flexibility index (Phi) is 25.2. The van der Waals surface area contributed by atoms with Crippen LogP contribution in [0.1, 0.15) is 51.4 Å². The number of rotatable bonds is 15. The van der Waals surface area contributed by atoms with Crippen LogP contribution in [0.5, 0.6) is 0 Å². The maximum absolute atomic E-state index is 8.46. The second-order valence-corrected chi connectivity index (χ2v) is 5.75. The number of hydrogen-bond donors (Lipinski definition) is 2. The first-order valence-corrected chi connectivity index (χ1v) is 8.71. The fraction of sp³-hybridized carbons (Fsp3) is 1.00. The van der Waals surface area contributed by atoms with E-state index in [2.05, 4.69) is 19.0 Å². The summed E-state index contributed by atoms with van der Waals surface area (Å²) in [5.41, 5.74) is 5.36. The summed E-state index contributed by atoms with van der Waals surface area (Å²) in [6.45, 7) is 4.60. The first-order chi connectivity index (χ1) is 10.7. The van der Waals surface area contributed by atoms with E-state index in [1.54, 1.807) is 7.11 Å². The van der Waals surface area contributed by atoms with Crippen molar-refractivity contribution in [3.63, 3.8) is 0 Å². The molecule has 0 aromatic carbocycles. The van der Waals surface area contributed by atoms with Crippen LogP contribution >= 0.6 is 0 Å². The molecular formula is C17H40N2O3. The van der Waals surface area contributed by atoms with Crippen LogP contribution in [0.25, 0.3) is 0 Å². The lowest BCUT2D eigenvalue weighted by atomic mass is 10.2. The molecule has 0 bridgehead atoms. The van der Waals surface area contributed by atoms with Crippen molar-refractivity contribution in [3.8, 4) is 0 Å². The van der Waals surface area contributed by atoms with Gasteiger partial charge in [0.15, 0.2) is 0 Å². The van der Waals surface area contributed by atoms with Crippen LogP contribution in [0.15, 0.2) is 0 Å². The predicted octanol–water partition coefficient (Wildman–Crippen LogP) is 2.27. The average molecular weight is 321 g/mol. The van der Waals surface area contributed by atoms with Crippen LogP contribution in [0, 0.1) is 0 Å². The molecule has 5 heteroatoms. The molecule has 22 heavy (non-hydrogen) atoms. The number of aliphatic hydroxyl groups excluding tert-OH is 1. The van der Waals surface area contributed by atoms with E-state index in [9.17, 15) is 0 Å². The molecule has 0 saturated carbocycles. The summed E-state index contributed by atoms with van der Waals surface area (Å²) in [6.07, 6.45) is 9.37. The van der Waals surface area contributed by atoms with Gasteiger partial charge >= 0.3 is 0 Å². The van der Waals surface area contributed by atoms with Crippen LogP contribution < -0.4 is 5.73 Å². The average Bonchev–Trinajstić information content (AvgIpc) is 2.50. The Bertz CT molecular complexity index is 171. The number of unbranched alkanes of at least 4 members (excludes halogenated alkanes) is 6. The monoisotopic (exact) mass is 320 g/mol. The highest BCUT2D eigenvalue weighted by molar-refractivity contribution is 4.46. The molecule has 0 aliphatic heterocycles. The SMILES string of the molecule is CN(C)CCCCCCO.COCCOCCCCCCN. The number of nitrogens with two attached hydrogens (primary N) is 1. The molecule has 0 aromatic heterocycles. The van der Waals surface area contributed by atoms with Crippen molar-refractivity contribution in [2.45, 2.75) is 51.4 Å². The topological polar surface area (TPSA) is 68.0 Å². The first kappa shape index (κ1) is 24.1. The highest BCUT2D eigenvalue weighted by Gasteiger charge is 1.90. The molecule has 0 radical (unpaired) electrons. The maximum atomic E-state index is 8.46. The number of nitrogens with zero attached hydrogens (tertiary/aromatic N) is 1. The molecule has 0 amide bonds. The van der Waals surface area contributed by atoms with Gasteiger partial charge in [0.1, 0.15) is 0 Å². The number of ether oxygens (including phenoxy) is 2. The van der Waals surface area contributed by atoms with Crippen LogP contribution in [0.4, 0.5) is 0 Å². The van der Waals surface area contributed by atoms with E-state index in [0.717, 1.165) is 32.4 Å². The highest BCUT2D eigenvalue weighted by atomic mass is 16.5. The van der Waals surface area contributed by atoms with Gasteiger partial charge in [0.05, 0.1) is 13.2 Å². The lowest BCUT2D eigenvalue weighted by molar-refractivity contribution is 0.0686. The van der Waals surface area contributed by atoms with Gasteiger partial charge in [0, 0.05) is 20.3 Å². The Morgan fingerprint density at radius 2 is 1.45 bits per heavy atom. The van der Waals surface area contributed by atoms with Gasteiger partial charge in [0.2, 0.25) is 0 Å². The predicted molar refractivity (Wildman–Crippen MR) is 94.3 cm³/mol. The summed E-state index contributed by atoms with van der Waals surface area (Å²) < 4.78 is 10.1. The van der Waals surface area contributed by atoms with Gasteiger partial charge in [-0.25, -0.2) is 0 Å². The fourth-order valence-corrected chi connectivity index (χ4v) is 1.84. The van der Waals surface area contributed by atoms with Crippen LogP contribution in [-0.2, 0) is 9.47 Å². The van der Waals surface area contributed by atoms with Gasteiger partial charge in [0.25, 0.3) is 0 Å². The summed E-state index contributed by atoms with van der Waals surface area (Å²) >= 11 is 0. The standard InChI is InChI=1S/C9H21NO2.C8H19NO/c1-11-8-9-12-7-5-3-2-4-6-10;1-9(2)7-5-3-4-6-8-10/h2-10H2,1H3;10H,3-8H2,1-2H3. The Morgan fingerprint density at radius 1 is 0.818 bits per heavy atom. The van der Waals surface area contributed by atoms with Crippen molar-refractivity contribution in [2.75, 3.05) is 60.7 Å². The molecule has 0 aliphatic carbocycles. The molecule has 5 nitrogen and oxygen atoms in total. The molecule has 0 heterocycles. The fourth-order valence-electron chi connectivity index (χ4n) is 1.84. The molecular weight excluding hydrogens is 280 g/mol. The van der Waals surface area contributed by atoms with Crippen molar-refractivity contribution in [1.82, 2.24) is 4.90 Å². The molecule has 0 aliphatic rings. The Balaban J connectivity index is 0. The van der Waals surface area contributed by atoms with E-state index in [0.29, 0.717) is 19.8 Å². The van der Waals surface area contributed by atoms with Crippen molar-refractivity contribution in [2.24, 2.45) is 5.73 Å². The third-order valence-electron chi connectivity index (χ3n) is 3.19. The summed E-state index contributed by atoms with van der Waals surface area (Å²) in [4.78, 5) is 2.19. The number of aliphatic hydroxyl groups is 1. The summed E-state index contributed by atoms with van der Waals surface area (Å²) in [5.74, 6) is 0. The van der Waals surface area contributed by atoms with Gasteiger partial charge in [-0.15, -0.1) is 0 Å². The molecule has 0 rings (SSSR count). The van der Waals surface area contributed by atoms with E-state index >= 15 is 0 Å². The van der Waals surface area contributed by atoms with E-state index in [1.807, 2.05) is 0 Å². The van der Waals surface area contributed by atoms with Crippen molar-refractivity contribution in [3.05, 3.63) is 0 Å². The van der Waals surface area contributed by atoms with E-state index < -0.39 is 0 Å². The van der Waals surface area contributed by atoms with Gasteiger partial charge in [-0.05, 0) is 52.9 Å². The van der Waals surface area contributed by atoms with Crippen LogP contribution in [-0.4, -0.2) is 70.7 Å². The zero-order valence-corrected chi connectivity index (χ0v) is 15.2. The lowest BCUT2D eigenvalue weighted by Gasteiger charge is -2.07. The highest BCUT2D eigenvalue weighted by Crippen LogP contribution is 1.99. The third kappa shape index (κ3) is 28.0. The summed E-state index contributed by atoms with van der Waals surface area (Å²) in [5, 5.41) is 8.46. The molecule has 0 unspecified atom stereocenters. The minimum atomic E-state index is 0.349. The van der Waals surface area contributed by atoms with E-state index in [-0.39, 0.29) is 0 Å². The maximum Gasteiger partial charge on any atom is 0.0700 e. The van der Waals surface area contributed by atoms with Crippen LogP contribution in [0.3, 0.4) is 0 Å². The Hall–Kier alpha value is -0.200.